The Bertz CT molecular complexity index is 729. The Morgan fingerprint density at radius 2 is 1.77 bits per heavy atom. The minimum Gasteiger partial charge on any atom is -0.355 e. The number of Topliss-reactive ketones (excluding diaryl/α,β-unsaturated/α-hetero) is 1. The van der Waals surface area contributed by atoms with Crippen LogP contribution in [0.4, 0.5) is 0 Å². The van der Waals surface area contributed by atoms with Gasteiger partial charge in [0.05, 0.1) is 5.25 Å². The van der Waals surface area contributed by atoms with Crippen LogP contribution in [0.15, 0.2) is 54.6 Å². The molecule has 1 saturated heterocycles. The van der Waals surface area contributed by atoms with Gasteiger partial charge in [0.2, 0.25) is 0 Å². The predicted octanol–water partition coefficient (Wildman–Crippen LogP) is 5.04. The third kappa shape index (κ3) is 3.88. The number of hydrogen-bond donors (Lipinski definition) is 0. The van der Waals surface area contributed by atoms with Gasteiger partial charge in [0.25, 0.3) is 0 Å². The van der Waals surface area contributed by atoms with Crippen LogP contribution in [0, 0.1) is 0 Å². The molecular formula is C22H26O3S. The molecule has 0 unspecified atom stereocenters. The molecule has 0 radical (unpaired) electrons. The van der Waals surface area contributed by atoms with Crippen LogP contribution >= 0.6 is 11.8 Å². The zero-order valence-electron chi connectivity index (χ0n) is 15.6. The average Bonchev–Trinajstić information content (AvgIpc) is 2.69. The molecule has 138 valence electrons. The third-order valence-corrected chi connectivity index (χ3v) is 6.35. The molecule has 3 atom stereocenters. The SMILES string of the molecule is CCCS[C@H]1CC(=O)[C@](C)(c2ccc(-c3ccccc3)cc2)O[C@@H]1OC. The summed E-state index contributed by atoms with van der Waals surface area (Å²) in [7, 11) is 1.65. The van der Waals surface area contributed by atoms with Crippen molar-refractivity contribution in [2.75, 3.05) is 12.9 Å². The minimum absolute atomic E-state index is 0.0594. The molecule has 26 heavy (non-hydrogen) atoms. The van der Waals surface area contributed by atoms with Crippen molar-refractivity contribution in [3.63, 3.8) is 0 Å². The molecule has 0 bridgehead atoms. The number of methoxy groups -OCH3 is 1. The fraction of sp³-hybridized carbons (Fsp3) is 0.409. The molecule has 0 aromatic heterocycles. The van der Waals surface area contributed by atoms with E-state index < -0.39 is 5.60 Å². The molecule has 0 saturated carbocycles. The number of ketones is 1. The normalized spacial score (nSPS) is 26.0. The number of carbonyl (C=O) groups is 1. The van der Waals surface area contributed by atoms with E-state index in [1.54, 1.807) is 18.9 Å². The van der Waals surface area contributed by atoms with Gasteiger partial charge in [-0.1, -0.05) is 61.5 Å². The second-order valence-corrected chi connectivity index (χ2v) is 8.08. The van der Waals surface area contributed by atoms with E-state index in [1.807, 2.05) is 49.4 Å². The summed E-state index contributed by atoms with van der Waals surface area (Å²) in [6, 6.07) is 18.3. The molecule has 3 rings (SSSR count). The molecule has 2 aromatic carbocycles. The van der Waals surface area contributed by atoms with Gasteiger partial charge in [0.15, 0.2) is 17.7 Å². The zero-order valence-corrected chi connectivity index (χ0v) is 16.4. The smallest absolute Gasteiger partial charge is 0.171 e. The van der Waals surface area contributed by atoms with E-state index in [1.165, 1.54) is 0 Å². The van der Waals surface area contributed by atoms with E-state index in [9.17, 15) is 4.79 Å². The van der Waals surface area contributed by atoms with Crippen molar-refractivity contribution < 1.29 is 14.3 Å². The molecule has 1 aliphatic rings. The van der Waals surface area contributed by atoms with Crippen LogP contribution in [0.1, 0.15) is 32.3 Å². The van der Waals surface area contributed by atoms with Crippen molar-refractivity contribution in [1.82, 2.24) is 0 Å². The van der Waals surface area contributed by atoms with E-state index in [-0.39, 0.29) is 17.3 Å². The lowest BCUT2D eigenvalue weighted by Crippen LogP contribution is -2.50. The quantitative estimate of drug-likeness (QED) is 0.713. The number of ether oxygens (including phenoxy) is 2. The molecule has 0 N–H and O–H groups in total. The number of hydrogen-bond acceptors (Lipinski definition) is 4. The molecule has 0 amide bonds. The van der Waals surface area contributed by atoms with E-state index >= 15 is 0 Å². The Morgan fingerprint density at radius 3 is 2.38 bits per heavy atom. The molecule has 0 aliphatic carbocycles. The fourth-order valence-corrected chi connectivity index (χ4v) is 4.43. The Labute approximate surface area is 160 Å². The first kappa shape index (κ1) is 19.2. The first-order valence-electron chi connectivity index (χ1n) is 9.10. The summed E-state index contributed by atoms with van der Waals surface area (Å²) in [6.07, 6.45) is 1.17. The lowest BCUT2D eigenvalue weighted by molar-refractivity contribution is -0.215. The molecule has 2 aromatic rings. The Hall–Kier alpha value is -1.62. The van der Waals surface area contributed by atoms with Gasteiger partial charge in [0, 0.05) is 13.5 Å². The van der Waals surface area contributed by atoms with Crippen molar-refractivity contribution >= 4 is 17.5 Å². The fourth-order valence-electron chi connectivity index (χ4n) is 3.29. The van der Waals surface area contributed by atoms with Crippen molar-refractivity contribution in [3.05, 3.63) is 60.2 Å². The van der Waals surface area contributed by atoms with Crippen LogP contribution in [-0.2, 0) is 19.9 Å². The predicted molar refractivity (Wildman–Crippen MR) is 107 cm³/mol. The Kier molecular flexibility index (Phi) is 6.17. The van der Waals surface area contributed by atoms with E-state index in [4.69, 9.17) is 9.47 Å². The van der Waals surface area contributed by atoms with E-state index in [0.29, 0.717) is 6.42 Å². The summed E-state index contributed by atoms with van der Waals surface area (Å²) < 4.78 is 11.7. The minimum atomic E-state index is -0.959. The summed E-state index contributed by atoms with van der Waals surface area (Å²) in [4.78, 5) is 12.9. The van der Waals surface area contributed by atoms with Gasteiger partial charge in [-0.15, -0.1) is 0 Å². The maximum absolute atomic E-state index is 12.9. The second kappa shape index (κ2) is 8.38. The van der Waals surface area contributed by atoms with Crippen LogP contribution in [0.5, 0.6) is 0 Å². The summed E-state index contributed by atoms with van der Waals surface area (Å²) >= 11 is 1.76. The Balaban J connectivity index is 1.82. The molecule has 3 nitrogen and oxygen atoms in total. The molecule has 1 fully saturated rings. The van der Waals surface area contributed by atoms with Crippen molar-refractivity contribution in [2.24, 2.45) is 0 Å². The van der Waals surface area contributed by atoms with Crippen molar-refractivity contribution in [3.8, 4) is 11.1 Å². The highest BCUT2D eigenvalue weighted by atomic mass is 32.2. The first-order valence-corrected chi connectivity index (χ1v) is 10.1. The van der Waals surface area contributed by atoms with E-state index in [2.05, 4.69) is 19.1 Å². The monoisotopic (exact) mass is 370 g/mol. The van der Waals surface area contributed by atoms with Gasteiger partial charge in [-0.25, -0.2) is 0 Å². The standard InChI is InChI=1S/C22H26O3S/c1-4-14-26-19-15-20(23)22(2,25-21(19)24-3)18-12-10-17(11-13-18)16-8-6-5-7-9-16/h5-13,19,21H,4,14-15H2,1-3H3/t19-,21-,22-/m0/s1. The molecule has 4 heteroatoms. The highest BCUT2D eigenvalue weighted by Crippen LogP contribution is 2.39. The summed E-state index contributed by atoms with van der Waals surface area (Å²) in [5, 5.41) is 0.0594. The number of carbonyl (C=O) groups excluding carboxylic acids is 1. The topological polar surface area (TPSA) is 35.5 Å². The van der Waals surface area contributed by atoms with Crippen molar-refractivity contribution in [2.45, 2.75) is 43.8 Å². The van der Waals surface area contributed by atoms with Crippen LogP contribution in [0.2, 0.25) is 0 Å². The lowest BCUT2D eigenvalue weighted by Gasteiger charge is -2.41. The molecule has 1 aliphatic heterocycles. The van der Waals surface area contributed by atoms with Gasteiger partial charge < -0.3 is 9.47 Å². The van der Waals surface area contributed by atoms with Gasteiger partial charge in [-0.3, -0.25) is 4.79 Å². The van der Waals surface area contributed by atoms with Gasteiger partial charge in [0.1, 0.15) is 0 Å². The van der Waals surface area contributed by atoms with Gasteiger partial charge >= 0.3 is 0 Å². The van der Waals surface area contributed by atoms with Crippen LogP contribution in [-0.4, -0.2) is 30.2 Å². The van der Waals surface area contributed by atoms with Crippen LogP contribution in [0.25, 0.3) is 11.1 Å². The molecule has 1 heterocycles. The third-order valence-electron chi connectivity index (χ3n) is 4.89. The summed E-state index contributed by atoms with van der Waals surface area (Å²) in [5.74, 6) is 1.12. The highest BCUT2D eigenvalue weighted by Gasteiger charge is 2.46. The maximum Gasteiger partial charge on any atom is 0.171 e. The van der Waals surface area contributed by atoms with Gasteiger partial charge in [-0.05, 0) is 35.8 Å². The Morgan fingerprint density at radius 1 is 1.12 bits per heavy atom. The highest BCUT2D eigenvalue weighted by molar-refractivity contribution is 7.99. The zero-order chi connectivity index (χ0) is 18.6. The summed E-state index contributed by atoms with van der Waals surface area (Å²) in [5.41, 5.74) is 2.20. The average molecular weight is 371 g/mol. The molecular weight excluding hydrogens is 344 g/mol. The second-order valence-electron chi connectivity index (χ2n) is 6.74. The number of benzene rings is 2. The lowest BCUT2D eigenvalue weighted by atomic mass is 9.85. The maximum atomic E-state index is 12.9. The van der Waals surface area contributed by atoms with Crippen LogP contribution < -0.4 is 0 Å². The largest absolute Gasteiger partial charge is 0.355 e. The number of thioether (sulfide) groups is 1. The molecule has 0 spiro atoms. The van der Waals surface area contributed by atoms with Crippen LogP contribution in [0.3, 0.4) is 0 Å². The number of rotatable bonds is 6. The van der Waals surface area contributed by atoms with Gasteiger partial charge in [-0.2, -0.15) is 11.8 Å². The van der Waals surface area contributed by atoms with Crippen molar-refractivity contribution in [1.29, 1.82) is 0 Å². The summed E-state index contributed by atoms with van der Waals surface area (Å²) in [6.45, 7) is 4.00. The van der Waals surface area contributed by atoms with E-state index in [0.717, 1.165) is 28.9 Å². The first-order chi connectivity index (χ1) is 12.6.